The highest BCUT2D eigenvalue weighted by Crippen LogP contribution is 2.20. The van der Waals surface area contributed by atoms with Gasteiger partial charge in [0.15, 0.2) is 0 Å². The number of carbonyl (C=O) groups is 3. The highest BCUT2D eigenvalue weighted by Gasteiger charge is 2.39. The Labute approximate surface area is 177 Å². The molecule has 0 saturated carbocycles. The minimum absolute atomic E-state index is 0.0444. The third-order valence-electron chi connectivity index (χ3n) is 3.82. The van der Waals surface area contributed by atoms with Crippen LogP contribution in [0.2, 0.25) is 0 Å². The summed E-state index contributed by atoms with van der Waals surface area (Å²) in [6.07, 6.45) is -1.35. The molecule has 0 aliphatic carbocycles. The van der Waals surface area contributed by atoms with E-state index in [1.54, 1.807) is 58.9 Å². The zero-order valence-electron chi connectivity index (χ0n) is 18.4. The summed E-state index contributed by atoms with van der Waals surface area (Å²) in [5, 5.41) is 9.56. The van der Waals surface area contributed by atoms with Crippen LogP contribution in [0.4, 0.5) is 9.59 Å². The maximum atomic E-state index is 12.8. The van der Waals surface area contributed by atoms with E-state index in [1.807, 2.05) is 6.07 Å². The van der Waals surface area contributed by atoms with Gasteiger partial charge in [0, 0.05) is 6.42 Å². The molecule has 0 fully saturated rings. The van der Waals surface area contributed by atoms with Crippen molar-refractivity contribution in [2.45, 2.75) is 65.4 Å². The summed E-state index contributed by atoms with van der Waals surface area (Å²) in [7, 11) is 1.16. The van der Waals surface area contributed by atoms with Crippen molar-refractivity contribution in [3.8, 4) is 0 Å². The third-order valence-corrected chi connectivity index (χ3v) is 3.82. The molecule has 0 aliphatic heterocycles. The minimum atomic E-state index is -1.32. The van der Waals surface area contributed by atoms with Crippen molar-refractivity contribution in [1.29, 1.82) is 0 Å². The van der Waals surface area contributed by atoms with Crippen LogP contribution in [0, 0.1) is 0 Å². The lowest BCUT2D eigenvalue weighted by molar-refractivity contribution is -0.146. The van der Waals surface area contributed by atoms with Gasteiger partial charge in [0.05, 0.1) is 13.2 Å². The van der Waals surface area contributed by atoms with E-state index in [9.17, 15) is 19.5 Å². The van der Waals surface area contributed by atoms with Crippen molar-refractivity contribution in [1.82, 2.24) is 4.90 Å². The molecule has 0 heterocycles. The van der Waals surface area contributed by atoms with Gasteiger partial charge in [0.1, 0.15) is 18.2 Å². The van der Waals surface area contributed by atoms with Crippen LogP contribution in [-0.2, 0) is 25.6 Å². The van der Waals surface area contributed by atoms with E-state index in [0.717, 1.165) is 12.7 Å². The second-order valence-corrected chi connectivity index (χ2v) is 7.89. The van der Waals surface area contributed by atoms with Crippen molar-refractivity contribution < 1.29 is 33.7 Å². The summed E-state index contributed by atoms with van der Waals surface area (Å²) in [4.78, 5) is 38.7. The van der Waals surface area contributed by atoms with Crippen LogP contribution in [0.1, 0.15) is 46.6 Å². The number of hydrogen-bond acceptors (Lipinski definition) is 7. The molecule has 2 amide bonds. The Morgan fingerprint density at radius 2 is 1.73 bits per heavy atom. The number of esters is 1. The van der Waals surface area contributed by atoms with E-state index < -0.39 is 35.9 Å². The van der Waals surface area contributed by atoms with Crippen LogP contribution in [0.3, 0.4) is 0 Å². The molecule has 1 N–H and O–H groups in total. The zero-order chi connectivity index (χ0) is 22.9. The number of benzene rings is 1. The van der Waals surface area contributed by atoms with Crippen molar-refractivity contribution in [3.63, 3.8) is 0 Å². The maximum Gasteiger partial charge on any atom is 0.420 e. The largest absolute Gasteiger partial charge is 0.467 e. The molecule has 0 spiro atoms. The van der Waals surface area contributed by atoms with Crippen LogP contribution in [0.15, 0.2) is 42.0 Å². The number of nitrogens with zero attached hydrogens (tertiary/aromatic N) is 1. The number of rotatable bonds is 7. The monoisotopic (exact) mass is 421 g/mol. The zero-order valence-corrected chi connectivity index (χ0v) is 18.4. The number of carbonyl (C=O) groups excluding carboxylic acids is 3. The summed E-state index contributed by atoms with van der Waals surface area (Å²) < 4.78 is 15.4. The van der Waals surface area contributed by atoms with Gasteiger partial charge < -0.3 is 19.3 Å². The third kappa shape index (κ3) is 8.65. The first-order valence-electron chi connectivity index (χ1n) is 9.60. The Morgan fingerprint density at radius 1 is 1.13 bits per heavy atom. The number of methoxy groups -OCH3 is 1. The molecule has 0 radical (unpaired) electrons. The Bertz CT molecular complexity index is 750. The Balaban J connectivity index is 3.20. The molecule has 0 saturated heterocycles. The highest BCUT2D eigenvalue weighted by atomic mass is 16.6. The predicted molar refractivity (Wildman–Crippen MR) is 111 cm³/mol. The number of aliphatic hydroxyl groups is 1. The van der Waals surface area contributed by atoms with Gasteiger partial charge in [0.2, 0.25) is 0 Å². The number of aliphatic hydroxyl groups excluding tert-OH is 1. The Hall–Kier alpha value is -2.87. The summed E-state index contributed by atoms with van der Waals surface area (Å²) in [5.41, 5.74) is 0.403. The maximum absolute atomic E-state index is 12.8. The molecule has 0 aliphatic rings. The van der Waals surface area contributed by atoms with Gasteiger partial charge in [-0.15, -0.1) is 0 Å². The van der Waals surface area contributed by atoms with E-state index in [1.165, 1.54) is 6.08 Å². The van der Waals surface area contributed by atoms with Gasteiger partial charge >= 0.3 is 18.2 Å². The molecule has 8 nitrogen and oxygen atoms in total. The summed E-state index contributed by atoms with van der Waals surface area (Å²) in [6, 6.07) is 7.61. The molecule has 166 valence electrons. The molecule has 30 heavy (non-hydrogen) atoms. The molecule has 1 aromatic carbocycles. The second-order valence-electron chi connectivity index (χ2n) is 7.89. The molecule has 8 heteroatoms. The van der Waals surface area contributed by atoms with E-state index >= 15 is 0 Å². The molecule has 0 unspecified atom stereocenters. The fourth-order valence-corrected chi connectivity index (χ4v) is 2.63. The first kappa shape index (κ1) is 25.2. The van der Waals surface area contributed by atoms with E-state index in [-0.39, 0.29) is 13.0 Å². The first-order valence-corrected chi connectivity index (χ1v) is 9.60. The molecule has 0 aromatic heterocycles. The number of ether oxygens (including phenoxy) is 3. The van der Waals surface area contributed by atoms with Gasteiger partial charge in [-0.1, -0.05) is 42.0 Å². The van der Waals surface area contributed by atoms with Crippen LogP contribution in [0.25, 0.3) is 0 Å². The Morgan fingerprint density at radius 3 is 2.23 bits per heavy atom. The minimum Gasteiger partial charge on any atom is -0.467 e. The van der Waals surface area contributed by atoms with Crippen LogP contribution in [0.5, 0.6) is 0 Å². The van der Waals surface area contributed by atoms with E-state index in [4.69, 9.17) is 14.2 Å². The van der Waals surface area contributed by atoms with Gasteiger partial charge in [-0.3, -0.25) is 0 Å². The fourth-order valence-electron chi connectivity index (χ4n) is 2.63. The Kier molecular flexibility index (Phi) is 9.52. The van der Waals surface area contributed by atoms with Crippen LogP contribution < -0.4 is 0 Å². The lowest BCUT2D eigenvalue weighted by atomic mass is 10.0. The lowest BCUT2D eigenvalue weighted by Crippen LogP contribution is -2.51. The number of hydrogen-bond donors (Lipinski definition) is 1. The van der Waals surface area contributed by atoms with Gasteiger partial charge in [-0.25, -0.2) is 14.4 Å². The average molecular weight is 421 g/mol. The molecule has 1 aromatic rings. The van der Waals surface area contributed by atoms with E-state index in [2.05, 4.69) is 0 Å². The standard InChI is InChI=1S/C22H31NO7/c1-15(12-16(2)24)13-18(19(25)28-6)23(21(27)30-22(3,4)5)20(26)29-14-17-10-8-7-9-11-17/h7-12,16,18,24H,13-14H2,1-6H3/b15-12+/t16-,18-/m0/s1. The quantitative estimate of drug-likeness (QED) is 0.406. The van der Waals surface area contributed by atoms with Gasteiger partial charge in [0.25, 0.3) is 0 Å². The predicted octanol–water partition coefficient (Wildman–Crippen LogP) is 3.82. The van der Waals surface area contributed by atoms with Crippen molar-refractivity contribution in [2.75, 3.05) is 7.11 Å². The summed E-state index contributed by atoms with van der Waals surface area (Å²) in [5.74, 6) is -0.809. The van der Waals surface area contributed by atoms with Crippen molar-refractivity contribution in [3.05, 3.63) is 47.5 Å². The molecular formula is C22H31NO7. The average Bonchev–Trinajstić information content (AvgIpc) is 2.64. The van der Waals surface area contributed by atoms with E-state index in [0.29, 0.717) is 10.5 Å². The normalized spacial score (nSPS) is 13.8. The topological polar surface area (TPSA) is 102 Å². The van der Waals surface area contributed by atoms with Crippen molar-refractivity contribution >= 4 is 18.2 Å². The van der Waals surface area contributed by atoms with Gasteiger partial charge in [-0.2, -0.15) is 4.90 Å². The van der Waals surface area contributed by atoms with Crippen LogP contribution >= 0.6 is 0 Å². The lowest BCUT2D eigenvalue weighted by Gasteiger charge is -2.30. The second kappa shape index (κ2) is 11.3. The molecule has 0 bridgehead atoms. The van der Waals surface area contributed by atoms with Crippen molar-refractivity contribution in [2.24, 2.45) is 0 Å². The highest BCUT2D eigenvalue weighted by molar-refractivity contribution is 5.94. The van der Waals surface area contributed by atoms with Crippen LogP contribution in [-0.4, -0.2) is 53.0 Å². The van der Waals surface area contributed by atoms with Gasteiger partial charge in [-0.05, 0) is 40.2 Å². The smallest absolute Gasteiger partial charge is 0.420 e. The number of imide groups is 1. The molecular weight excluding hydrogens is 390 g/mol. The molecule has 2 atom stereocenters. The number of amides is 2. The summed E-state index contributed by atoms with van der Waals surface area (Å²) in [6.45, 7) is 8.06. The summed E-state index contributed by atoms with van der Waals surface area (Å²) >= 11 is 0. The molecule has 1 rings (SSSR count). The fraction of sp³-hybridized carbons (Fsp3) is 0.500. The SMILES string of the molecule is COC(=O)[C@H](C/C(C)=C/[C@H](C)O)N(C(=O)OCc1ccccc1)C(=O)OC(C)(C)C. The first-order chi connectivity index (χ1) is 13.9.